The van der Waals surface area contributed by atoms with E-state index in [0.29, 0.717) is 22.4 Å². The van der Waals surface area contributed by atoms with E-state index in [1.807, 2.05) is 13.8 Å². The van der Waals surface area contributed by atoms with Crippen molar-refractivity contribution in [2.45, 2.75) is 38.6 Å². The van der Waals surface area contributed by atoms with Gasteiger partial charge in [-0.2, -0.15) is 0 Å². The van der Waals surface area contributed by atoms with E-state index in [1.165, 1.54) is 12.1 Å². The van der Waals surface area contributed by atoms with Crippen LogP contribution in [0.2, 0.25) is 0 Å². The molecule has 0 bridgehead atoms. The third kappa shape index (κ3) is 2.82. The summed E-state index contributed by atoms with van der Waals surface area (Å²) < 4.78 is 12.0. The number of carbonyl (C=O) groups excluding carboxylic acids is 1. The van der Waals surface area contributed by atoms with Crippen LogP contribution in [-0.4, -0.2) is 26.7 Å². The topological polar surface area (TPSA) is 96.2 Å². The number of phenolic OH excluding ortho intramolecular Hbond substituents is 2. The summed E-state index contributed by atoms with van der Waals surface area (Å²) in [6.45, 7) is 3.31. The van der Waals surface area contributed by atoms with E-state index in [2.05, 4.69) is 0 Å². The molecule has 4 rings (SSSR count). The van der Waals surface area contributed by atoms with Crippen LogP contribution in [0.1, 0.15) is 53.4 Å². The Morgan fingerprint density at radius 2 is 1.85 bits per heavy atom. The molecule has 140 valence electrons. The van der Waals surface area contributed by atoms with Crippen molar-refractivity contribution in [3.05, 3.63) is 52.6 Å². The number of aliphatic hydroxyl groups is 1. The first-order chi connectivity index (χ1) is 12.8. The van der Waals surface area contributed by atoms with Gasteiger partial charge < -0.3 is 24.8 Å². The zero-order valence-corrected chi connectivity index (χ0v) is 15.0. The summed E-state index contributed by atoms with van der Waals surface area (Å²) in [5, 5.41) is 30.1. The molecule has 0 radical (unpaired) electrons. The molecule has 0 unspecified atom stereocenters. The number of aliphatic hydroxyl groups excluding tert-OH is 1. The maximum Gasteiger partial charge on any atom is 0.174 e. The summed E-state index contributed by atoms with van der Waals surface area (Å²) >= 11 is 0. The van der Waals surface area contributed by atoms with Crippen molar-refractivity contribution in [2.75, 3.05) is 0 Å². The number of benzene rings is 2. The molecule has 3 N–H and O–H groups in total. The third-order valence-electron chi connectivity index (χ3n) is 4.86. The Kier molecular flexibility index (Phi) is 3.89. The number of rotatable bonds is 2. The fourth-order valence-corrected chi connectivity index (χ4v) is 3.48. The molecule has 2 aromatic rings. The Hall–Kier alpha value is -2.99. The second-order valence-electron chi connectivity index (χ2n) is 7.30. The fourth-order valence-electron chi connectivity index (χ4n) is 3.48. The minimum Gasteiger partial charge on any atom is -0.508 e. The van der Waals surface area contributed by atoms with E-state index in [1.54, 1.807) is 24.3 Å². The molecular formula is C21H20O6. The standard InChI is InChI=1S/C21H20O6/c1-21(2)8-7-13-18(25)17-15(24)9-16(11-3-5-12(23)6-4-11)26-20(17)14(10-22)19(13)27-21/h3-8,16,22-23,25H,9-10H2,1-2H3/t16-/m0/s1. The average molecular weight is 368 g/mol. The minimum absolute atomic E-state index is 0.0467. The number of ether oxygens (including phenoxy) is 2. The van der Waals surface area contributed by atoms with Crippen molar-refractivity contribution in [2.24, 2.45) is 0 Å². The maximum atomic E-state index is 12.8. The lowest BCUT2D eigenvalue weighted by atomic mass is 9.89. The first-order valence-electron chi connectivity index (χ1n) is 8.70. The van der Waals surface area contributed by atoms with Gasteiger partial charge in [-0.15, -0.1) is 0 Å². The highest BCUT2D eigenvalue weighted by atomic mass is 16.5. The molecule has 2 aromatic carbocycles. The van der Waals surface area contributed by atoms with Crippen LogP contribution in [0.4, 0.5) is 0 Å². The summed E-state index contributed by atoms with van der Waals surface area (Å²) in [5.74, 6) is 0.113. The average Bonchev–Trinajstić information content (AvgIpc) is 2.61. The van der Waals surface area contributed by atoms with Crippen LogP contribution in [0.15, 0.2) is 30.3 Å². The van der Waals surface area contributed by atoms with Crippen LogP contribution in [0, 0.1) is 0 Å². The second kappa shape index (κ2) is 6.03. The highest BCUT2D eigenvalue weighted by Gasteiger charge is 2.38. The zero-order valence-electron chi connectivity index (χ0n) is 15.0. The molecule has 2 aliphatic rings. The van der Waals surface area contributed by atoms with E-state index in [9.17, 15) is 20.1 Å². The summed E-state index contributed by atoms with van der Waals surface area (Å²) in [7, 11) is 0. The molecule has 0 saturated carbocycles. The molecule has 27 heavy (non-hydrogen) atoms. The van der Waals surface area contributed by atoms with Crippen LogP contribution < -0.4 is 9.47 Å². The van der Waals surface area contributed by atoms with Crippen LogP contribution in [0.5, 0.6) is 23.0 Å². The zero-order chi connectivity index (χ0) is 19.3. The molecule has 0 saturated heterocycles. The van der Waals surface area contributed by atoms with Gasteiger partial charge in [0.05, 0.1) is 24.2 Å². The van der Waals surface area contributed by atoms with Gasteiger partial charge in [-0.05, 0) is 43.7 Å². The van der Waals surface area contributed by atoms with Crippen LogP contribution in [0.25, 0.3) is 6.08 Å². The molecular weight excluding hydrogens is 348 g/mol. The highest BCUT2D eigenvalue weighted by Crippen LogP contribution is 2.50. The van der Waals surface area contributed by atoms with Crippen molar-refractivity contribution in [3.8, 4) is 23.0 Å². The lowest BCUT2D eigenvalue weighted by molar-refractivity contribution is 0.0834. The van der Waals surface area contributed by atoms with Crippen LogP contribution >= 0.6 is 0 Å². The molecule has 6 nitrogen and oxygen atoms in total. The Labute approximate surface area is 156 Å². The maximum absolute atomic E-state index is 12.8. The molecule has 0 aromatic heterocycles. The first-order valence-corrected chi connectivity index (χ1v) is 8.70. The van der Waals surface area contributed by atoms with Gasteiger partial charge >= 0.3 is 0 Å². The second-order valence-corrected chi connectivity index (χ2v) is 7.30. The number of hydrogen-bond donors (Lipinski definition) is 3. The highest BCUT2D eigenvalue weighted by molar-refractivity contribution is 6.05. The Bertz CT molecular complexity index is 956. The van der Waals surface area contributed by atoms with Crippen molar-refractivity contribution in [1.82, 2.24) is 0 Å². The quantitative estimate of drug-likeness (QED) is 0.751. The predicted octanol–water partition coefficient (Wildman–Crippen LogP) is 3.48. The Morgan fingerprint density at radius 1 is 1.15 bits per heavy atom. The van der Waals surface area contributed by atoms with Gasteiger partial charge in [0, 0.05) is 0 Å². The minimum atomic E-state index is -0.618. The lowest BCUT2D eigenvalue weighted by Crippen LogP contribution is -2.29. The van der Waals surface area contributed by atoms with Gasteiger partial charge in [-0.1, -0.05) is 12.1 Å². The molecule has 0 amide bonds. The fraction of sp³-hybridized carbons (Fsp3) is 0.286. The summed E-state index contributed by atoms with van der Waals surface area (Å²) in [5.41, 5.74) is 0.881. The Balaban J connectivity index is 1.87. The SMILES string of the molecule is CC1(C)C=Cc2c(O)c3c(c(CO)c2O1)O[C@H](c1ccc(O)cc1)CC3=O. The molecule has 0 fully saturated rings. The van der Waals surface area contributed by atoms with Gasteiger partial charge in [0.1, 0.15) is 40.3 Å². The first kappa shape index (κ1) is 17.4. The summed E-state index contributed by atoms with van der Waals surface area (Å²) in [6.07, 6.45) is 2.95. The smallest absolute Gasteiger partial charge is 0.174 e. The largest absolute Gasteiger partial charge is 0.508 e. The molecule has 6 heteroatoms. The molecule has 0 aliphatic carbocycles. The normalized spacial score (nSPS) is 19.7. The van der Waals surface area contributed by atoms with Crippen molar-refractivity contribution in [1.29, 1.82) is 0 Å². The number of aromatic hydroxyl groups is 2. The molecule has 2 heterocycles. The van der Waals surface area contributed by atoms with E-state index < -0.39 is 18.3 Å². The molecule has 1 atom stereocenters. The predicted molar refractivity (Wildman–Crippen MR) is 98.2 cm³/mol. The van der Waals surface area contributed by atoms with Gasteiger partial charge in [0.2, 0.25) is 0 Å². The number of ketones is 1. The van der Waals surface area contributed by atoms with Crippen molar-refractivity contribution < 1.29 is 29.6 Å². The number of Topliss-reactive ketones (excluding diaryl/α,β-unsaturated/α-hetero) is 1. The number of fused-ring (bicyclic) bond motifs is 2. The van der Waals surface area contributed by atoms with Gasteiger partial charge in [0.25, 0.3) is 0 Å². The lowest BCUT2D eigenvalue weighted by Gasteiger charge is -2.34. The van der Waals surface area contributed by atoms with Crippen LogP contribution in [-0.2, 0) is 6.61 Å². The van der Waals surface area contributed by atoms with E-state index in [4.69, 9.17) is 9.47 Å². The molecule has 0 spiro atoms. The van der Waals surface area contributed by atoms with Gasteiger partial charge in [-0.3, -0.25) is 4.79 Å². The van der Waals surface area contributed by atoms with Crippen LogP contribution in [0.3, 0.4) is 0 Å². The third-order valence-corrected chi connectivity index (χ3v) is 4.86. The summed E-state index contributed by atoms with van der Waals surface area (Å²) in [6, 6.07) is 6.40. The van der Waals surface area contributed by atoms with E-state index in [0.717, 1.165) is 0 Å². The van der Waals surface area contributed by atoms with Gasteiger partial charge in [-0.25, -0.2) is 0 Å². The molecule has 2 aliphatic heterocycles. The van der Waals surface area contributed by atoms with Crippen molar-refractivity contribution >= 4 is 11.9 Å². The number of phenols is 2. The number of hydrogen-bond acceptors (Lipinski definition) is 6. The number of carbonyl (C=O) groups is 1. The van der Waals surface area contributed by atoms with Crippen molar-refractivity contribution in [3.63, 3.8) is 0 Å². The Morgan fingerprint density at radius 3 is 2.52 bits per heavy atom. The summed E-state index contributed by atoms with van der Waals surface area (Å²) in [4.78, 5) is 12.8. The monoisotopic (exact) mass is 368 g/mol. The van der Waals surface area contributed by atoms with E-state index >= 15 is 0 Å². The van der Waals surface area contributed by atoms with Gasteiger partial charge in [0.15, 0.2) is 5.78 Å². The van der Waals surface area contributed by atoms with E-state index in [-0.39, 0.29) is 35.0 Å².